The highest BCUT2D eigenvalue weighted by Crippen LogP contribution is 2.26. The summed E-state index contributed by atoms with van der Waals surface area (Å²) >= 11 is 0. The topological polar surface area (TPSA) is 56.0 Å². The number of aliphatic hydroxyl groups is 1. The van der Waals surface area contributed by atoms with Gasteiger partial charge in [-0.25, -0.2) is 4.39 Å². The molecule has 1 aromatic carbocycles. The minimum Gasteiger partial charge on any atom is -0.382 e. The minimum atomic E-state index is -0.931. The number of nitrogens with one attached hydrogen (secondary N) is 1. The van der Waals surface area contributed by atoms with Gasteiger partial charge in [0, 0.05) is 13.1 Å². The van der Waals surface area contributed by atoms with Crippen LogP contribution in [0.15, 0.2) is 18.2 Å². The van der Waals surface area contributed by atoms with E-state index in [1.165, 1.54) is 18.2 Å². The van der Waals surface area contributed by atoms with Crippen LogP contribution in [-0.2, 0) is 5.60 Å². The largest absolute Gasteiger partial charge is 0.382 e. The maximum Gasteiger partial charge on any atom is 0.140 e. The van der Waals surface area contributed by atoms with Crippen LogP contribution in [0.5, 0.6) is 0 Å². The van der Waals surface area contributed by atoms with Gasteiger partial charge in [-0.05, 0) is 17.7 Å². The minimum absolute atomic E-state index is 0.0252. The van der Waals surface area contributed by atoms with Gasteiger partial charge in [-0.15, -0.1) is 0 Å². The van der Waals surface area contributed by atoms with E-state index in [2.05, 4.69) is 5.32 Å². The first-order valence-electron chi connectivity index (χ1n) is 4.29. The zero-order valence-corrected chi connectivity index (χ0v) is 7.42. The first-order chi connectivity index (χ1) is 6.65. The van der Waals surface area contributed by atoms with Crippen LogP contribution in [0, 0.1) is 17.1 Å². The van der Waals surface area contributed by atoms with E-state index >= 15 is 0 Å². The number of nitrogens with zero attached hydrogens (tertiary/aromatic N) is 1. The average Bonchev–Trinajstić information content (AvgIpc) is 2.15. The van der Waals surface area contributed by atoms with Crippen LogP contribution in [-0.4, -0.2) is 18.2 Å². The summed E-state index contributed by atoms with van der Waals surface area (Å²) < 4.78 is 13.0. The van der Waals surface area contributed by atoms with Crippen molar-refractivity contribution < 1.29 is 9.50 Å². The van der Waals surface area contributed by atoms with Crippen molar-refractivity contribution in [2.75, 3.05) is 13.1 Å². The van der Waals surface area contributed by atoms with E-state index in [9.17, 15) is 9.50 Å². The van der Waals surface area contributed by atoms with Crippen molar-refractivity contribution >= 4 is 0 Å². The third kappa shape index (κ3) is 1.27. The van der Waals surface area contributed by atoms with E-state index in [1.807, 2.05) is 0 Å². The lowest BCUT2D eigenvalue weighted by atomic mass is 9.87. The van der Waals surface area contributed by atoms with E-state index in [0.717, 1.165) is 0 Å². The fraction of sp³-hybridized carbons (Fsp3) is 0.300. The standard InChI is InChI=1S/C10H9FN2O/c11-9-2-1-8(3-7(9)4-12)10(14)5-13-6-10/h1-3,13-14H,5-6H2. The summed E-state index contributed by atoms with van der Waals surface area (Å²) in [6, 6.07) is 5.87. The molecule has 14 heavy (non-hydrogen) atoms. The Labute approximate surface area is 80.8 Å². The van der Waals surface area contributed by atoms with Crippen molar-refractivity contribution in [3.8, 4) is 6.07 Å². The van der Waals surface area contributed by atoms with Crippen molar-refractivity contribution in [1.29, 1.82) is 5.26 Å². The summed E-state index contributed by atoms with van der Waals surface area (Å²) in [5.41, 5.74) is -0.365. The Kier molecular flexibility index (Phi) is 1.99. The molecule has 0 unspecified atom stereocenters. The van der Waals surface area contributed by atoms with E-state index in [0.29, 0.717) is 18.7 Å². The van der Waals surface area contributed by atoms with Crippen LogP contribution >= 0.6 is 0 Å². The highest BCUT2D eigenvalue weighted by Gasteiger charge is 2.36. The second kappa shape index (κ2) is 3.05. The highest BCUT2D eigenvalue weighted by atomic mass is 19.1. The second-order valence-corrected chi connectivity index (χ2v) is 3.44. The zero-order chi connectivity index (χ0) is 10.2. The second-order valence-electron chi connectivity index (χ2n) is 3.44. The van der Waals surface area contributed by atoms with Crippen LogP contribution in [0.2, 0.25) is 0 Å². The third-order valence-corrected chi connectivity index (χ3v) is 2.46. The van der Waals surface area contributed by atoms with Gasteiger partial charge in [0.1, 0.15) is 17.5 Å². The molecule has 1 aliphatic heterocycles. The molecule has 2 rings (SSSR count). The summed E-state index contributed by atoms with van der Waals surface area (Å²) in [5, 5.41) is 21.4. The number of hydrogen-bond acceptors (Lipinski definition) is 3. The molecule has 2 N–H and O–H groups in total. The van der Waals surface area contributed by atoms with Gasteiger partial charge in [-0.2, -0.15) is 5.26 Å². The molecule has 0 spiro atoms. The number of halogens is 1. The van der Waals surface area contributed by atoms with Gasteiger partial charge in [0.05, 0.1) is 5.56 Å². The Morgan fingerprint density at radius 3 is 2.71 bits per heavy atom. The fourth-order valence-corrected chi connectivity index (χ4v) is 1.47. The average molecular weight is 192 g/mol. The monoisotopic (exact) mass is 192 g/mol. The number of β-amino-alcohol motifs (C(OH)–C–C–N with tert-alkyl or cyclic N) is 1. The van der Waals surface area contributed by atoms with Crippen molar-refractivity contribution in [2.45, 2.75) is 5.60 Å². The molecule has 0 aromatic heterocycles. The molecule has 1 saturated heterocycles. The maximum atomic E-state index is 13.0. The summed E-state index contributed by atoms with van der Waals surface area (Å²) in [7, 11) is 0. The van der Waals surface area contributed by atoms with Gasteiger partial charge in [0.25, 0.3) is 0 Å². The molecule has 4 heteroatoms. The van der Waals surface area contributed by atoms with Gasteiger partial charge in [0.15, 0.2) is 0 Å². The van der Waals surface area contributed by atoms with Crippen LogP contribution < -0.4 is 5.32 Å². The molecule has 0 amide bonds. The van der Waals surface area contributed by atoms with Crippen LogP contribution in [0.3, 0.4) is 0 Å². The van der Waals surface area contributed by atoms with E-state index in [4.69, 9.17) is 5.26 Å². The molecule has 72 valence electrons. The molecule has 0 saturated carbocycles. The smallest absolute Gasteiger partial charge is 0.140 e. The lowest BCUT2D eigenvalue weighted by molar-refractivity contribution is -0.0147. The lowest BCUT2D eigenvalue weighted by Crippen LogP contribution is -2.56. The summed E-state index contributed by atoms with van der Waals surface area (Å²) in [5.74, 6) is -0.549. The Balaban J connectivity index is 2.41. The number of benzene rings is 1. The van der Waals surface area contributed by atoms with Gasteiger partial charge in [-0.1, -0.05) is 6.07 Å². The molecule has 0 atom stereocenters. The molecule has 1 heterocycles. The summed E-state index contributed by atoms with van der Waals surface area (Å²) in [6.45, 7) is 0.896. The molecule has 0 radical (unpaired) electrons. The van der Waals surface area contributed by atoms with E-state index in [1.54, 1.807) is 6.07 Å². The highest BCUT2D eigenvalue weighted by molar-refractivity contribution is 5.38. The molecular formula is C10H9FN2O. The Morgan fingerprint density at radius 1 is 1.50 bits per heavy atom. The van der Waals surface area contributed by atoms with Crippen LogP contribution in [0.25, 0.3) is 0 Å². The molecule has 1 aliphatic rings. The summed E-state index contributed by atoms with van der Waals surface area (Å²) in [4.78, 5) is 0. The van der Waals surface area contributed by atoms with Crippen LogP contribution in [0.4, 0.5) is 4.39 Å². The number of rotatable bonds is 1. The van der Waals surface area contributed by atoms with Gasteiger partial charge < -0.3 is 10.4 Å². The molecule has 1 fully saturated rings. The molecular weight excluding hydrogens is 183 g/mol. The van der Waals surface area contributed by atoms with E-state index in [-0.39, 0.29) is 5.56 Å². The zero-order valence-electron chi connectivity index (χ0n) is 7.42. The van der Waals surface area contributed by atoms with E-state index < -0.39 is 11.4 Å². The first-order valence-corrected chi connectivity index (χ1v) is 4.29. The first kappa shape index (κ1) is 9.13. The maximum absolute atomic E-state index is 13.0. The number of hydrogen-bond donors (Lipinski definition) is 2. The Hall–Kier alpha value is -1.44. The predicted molar refractivity (Wildman–Crippen MR) is 47.9 cm³/mol. The molecule has 0 bridgehead atoms. The molecule has 0 aliphatic carbocycles. The van der Waals surface area contributed by atoms with Crippen molar-refractivity contribution in [3.05, 3.63) is 35.1 Å². The number of nitriles is 1. The molecule has 1 aromatic rings. The third-order valence-electron chi connectivity index (χ3n) is 2.46. The van der Waals surface area contributed by atoms with Gasteiger partial charge in [-0.3, -0.25) is 0 Å². The predicted octanol–water partition coefficient (Wildman–Crippen LogP) is 0.488. The van der Waals surface area contributed by atoms with Crippen molar-refractivity contribution in [1.82, 2.24) is 5.32 Å². The normalized spacial score (nSPS) is 18.4. The molecule has 3 nitrogen and oxygen atoms in total. The van der Waals surface area contributed by atoms with Crippen molar-refractivity contribution in [2.24, 2.45) is 0 Å². The Bertz CT molecular complexity index is 407. The summed E-state index contributed by atoms with van der Waals surface area (Å²) in [6.07, 6.45) is 0. The van der Waals surface area contributed by atoms with Gasteiger partial charge >= 0.3 is 0 Å². The fourth-order valence-electron chi connectivity index (χ4n) is 1.47. The van der Waals surface area contributed by atoms with Crippen LogP contribution in [0.1, 0.15) is 11.1 Å². The quantitative estimate of drug-likeness (QED) is 0.680. The Morgan fingerprint density at radius 2 is 2.21 bits per heavy atom. The lowest BCUT2D eigenvalue weighted by Gasteiger charge is -2.38. The van der Waals surface area contributed by atoms with Gasteiger partial charge in [0.2, 0.25) is 0 Å². The SMILES string of the molecule is N#Cc1cc(C2(O)CNC2)ccc1F. The van der Waals surface area contributed by atoms with Crippen molar-refractivity contribution in [3.63, 3.8) is 0 Å².